The minimum absolute atomic E-state index is 0.0926. The molecule has 0 aliphatic carbocycles. The number of rotatable bonds is 2. The second-order valence-corrected chi connectivity index (χ2v) is 4.12. The third kappa shape index (κ3) is 2.92. The molecule has 0 radical (unpaired) electrons. The number of aliphatic hydroxyl groups is 1. The lowest BCUT2D eigenvalue weighted by atomic mass is 9.96. The first-order valence-corrected chi connectivity index (χ1v) is 5.60. The molecule has 1 aliphatic rings. The zero-order valence-electron chi connectivity index (χ0n) is 8.33. The molecule has 76 valence electrons. The Morgan fingerprint density at radius 3 is 2.85 bits per heavy atom. The van der Waals surface area contributed by atoms with Gasteiger partial charge in [0.2, 0.25) is 0 Å². The average molecular weight is 201 g/mol. The van der Waals surface area contributed by atoms with E-state index in [0.29, 0.717) is 5.92 Å². The molecule has 1 rings (SSSR count). The molecule has 1 N–H and O–H groups in total. The van der Waals surface area contributed by atoms with Crippen molar-refractivity contribution in [2.45, 2.75) is 39.0 Å². The fraction of sp³-hybridized carbons (Fsp3) is 0.900. The lowest BCUT2D eigenvalue weighted by Crippen LogP contribution is -2.37. The summed E-state index contributed by atoms with van der Waals surface area (Å²) in [5.74, 6) is 0.516. The van der Waals surface area contributed by atoms with E-state index in [9.17, 15) is 0 Å². The van der Waals surface area contributed by atoms with Crippen LogP contribution in [0.3, 0.4) is 0 Å². The smallest absolute Gasteiger partial charge is 0.116 e. The number of aliphatic hydroxyl groups excluding tert-OH is 1. The second-order valence-electron chi connectivity index (χ2n) is 3.70. The predicted molar refractivity (Wildman–Crippen MR) is 58.6 cm³/mol. The molecule has 0 aromatic carbocycles. The molecule has 0 bridgehead atoms. The van der Waals surface area contributed by atoms with Crippen molar-refractivity contribution in [1.82, 2.24) is 4.90 Å². The molecule has 1 fully saturated rings. The standard InChI is InChI=1S/C10H19NOS/c1-2-9-6-4-3-5-7-11(8-12)10(9)13/h9,12H,2-8H2,1H3. The van der Waals surface area contributed by atoms with Crippen molar-refractivity contribution in [2.75, 3.05) is 13.3 Å². The van der Waals surface area contributed by atoms with Crippen molar-refractivity contribution < 1.29 is 5.11 Å². The van der Waals surface area contributed by atoms with Crippen LogP contribution in [0.15, 0.2) is 0 Å². The Labute approximate surface area is 85.9 Å². The zero-order valence-corrected chi connectivity index (χ0v) is 9.15. The van der Waals surface area contributed by atoms with Gasteiger partial charge in [-0.05, 0) is 19.3 Å². The molecule has 0 saturated carbocycles. The molecule has 0 amide bonds. The van der Waals surface area contributed by atoms with Gasteiger partial charge in [0.1, 0.15) is 6.73 Å². The summed E-state index contributed by atoms with van der Waals surface area (Å²) in [5, 5.41) is 9.13. The lowest BCUT2D eigenvalue weighted by molar-refractivity contribution is 0.160. The summed E-state index contributed by atoms with van der Waals surface area (Å²) in [4.78, 5) is 2.92. The van der Waals surface area contributed by atoms with Crippen LogP contribution in [-0.2, 0) is 0 Å². The Hall–Kier alpha value is -0.150. The maximum absolute atomic E-state index is 9.13. The molecule has 0 spiro atoms. The van der Waals surface area contributed by atoms with E-state index in [1.807, 2.05) is 4.90 Å². The molecule has 1 unspecified atom stereocenters. The zero-order chi connectivity index (χ0) is 9.68. The van der Waals surface area contributed by atoms with Gasteiger partial charge < -0.3 is 10.0 Å². The van der Waals surface area contributed by atoms with Crippen molar-refractivity contribution in [3.8, 4) is 0 Å². The highest BCUT2D eigenvalue weighted by Crippen LogP contribution is 2.20. The Balaban J connectivity index is 2.58. The van der Waals surface area contributed by atoms with Crippen LogP contribution in [0.25, 0.3) is 0 Å². The minimum atomic E-state index is 0.0926. The maximum atomic E-state index is 9.13. The molecule has 13 heavy (non-hydrogen) atoms. The van der Waals surface area contributed by atoms with Gasteiger partial charge in [0.05, 0.1) is 4.99 Å². The number of nitrogens with zero attached hydrogens (tertiary/aromatic N) is 1. The second kappa shape index (κ2) is 5.55. The van der Waals surface area contributed by atoms with Crippen LogP contribution in [0, 0.1) is 5.92 Å². The van der Waals surface area contributed by atoms with Crippen LogP contribution >= 0.6 is 12.2 Å². The Bertz CT molecular complexity index is 156. The molecular formula is C10H19NOS. The first kappa shape index (κ1) is 10.9. The quantitative estimate of drug-likeness (QED) is 0.693. The van der Waals surface area contributed by atoms with Crippen LogP contribution in [0.5, 0.6) is 0 Å². The maximum Gasteiger partial charge on any atom is 0.116 e. The third-order valence-electron chi connectivity index (χ3n) is 2.81. The van der Waals surface area contributed by atoms with E-state index in [-0.39, 0.29) is 6.73 Å². The number of hydrogen-bond acceptors (Lipinski definition) is 2. The van der Waals surface area contributed by atoms with Gasteiger partial charge >= 0.3 is 0 Å². The van der Waals surface area contributed by atoms with Gasteiger partial charge in [-0.2, -0.15) is 0 Å². The molecular weight excluding hydrogens is 182 g/mol. The normalized spacial score (nSPS) is 25.5. The fourth-order valence-electron chi connectivity index (χ4n) is 1.88. The SMILES string of the molecule is CCC1CCCCCN(CO)C1=S. The Morgan fingerprint density at radius 1 is 1.46 bits per heavy atom. The Kier molecular flexibility index (Phi) is 4.67. The minimum Gasteiger partial charge on any atom is -0.376 e. The largest absolute Gasteiger partial charge is 0.376 e. The van der Waals surface area contributed by atoms with E-state index in [0.717, 1.165) is 24.4 Å². The molecule has 1 atom stereocenters. The summed E-state index contributed by atoms with van der Waals surface area (Å²) in [6.45, 7) is 3.20. The van der Waals surface area contributed by atoms with Gasteiger partial charge in [-0.15, -0.1) is 0 Å². The van der Waals surface area contributed by atoms with E-state index in [4.69, 9.17) is 17.3 Å². The molecule has 0 aromatic rings. The van der Waals surface area contributed by atoms with E-state index >= 15 is 0 Å². The molecule has 1 heterocycles. The van der Waals surface area contributed by atoms with E-state index in [1.54, 1.807) is 0 Å². The van der Waals surface area contributed by atoms with Crippen molar-refractivity contribution in [2.24, 2.45) is 5.92 Å². The average Bonchev–Trinajstić information content (AvgIpc) is 2.13. The van der Waals surface area contributed by atoms with Gasteiger partial charge in [0.25, 0.3) is 0 Å². The summed E-state index contributed by atoms with van der Waals surface area (Å²) < 4.78 is 0. The van der Waals surface area contributed by atoms with Crippen molar-refractivity contribution in [3.05, 3.63) is 0 Å². The first-order chi connectivity index (χ1) is 6.29. The predicted octanol–water partition coefficient (Wildman–Crippen LogP) is 2.17. The van der Waals surface area contributed by atoms with Crippen LogP contribution in [-0.4, -0.2) is 28.3 Å². The summed E-state index contributed by atoms with van der Waals surface area (Å²) in [5.41, 5.74) is 0. The topological polar surface area (TPSA) is 23.5 Å². The van der Waals surface area contributed by atoms with Crippen molar-refractivity contribution >= 4 is 17.2 Å². The monoisotopic (exact) mass is 201 g/mol. The van der Waals surface area contributed by atoms with Crippen LogP contribution in [0.2, 0.25) is 0 Å². The first-order valence-electron chi connectivity index (χ1n) is 5.19. The number of hydrogen-bond donors (Lipinski definition) is 1. The fourth-order valence-corrected chi connectivity index (χ4v) is 2.31. The molecule has 1 aliphatic heterocycles. The van der Waals surface area contributed by atoms with Crippen molar-refractivity contribution in [1.29, 1.82) is 0 Å². The van der Waals surface area contributed by atoms with E-state index in [1.165, 1.54) is 19.3 Å². The highest BCUT2D eigenvalue weighted by atomic mass is 32.1. The number of likely N-dealkylation sites (tertiary alicyclic amines) is 1. The van der Waals surface area contributed by atoms with E-state index in [2.05, 4.69) is 6.92 Å². The summed E-state index contributed by atoms with van der Waals surface area (Å²) in [6, 6.07) is 0. The van der Waals surface area contributed by atoms with Gasteiger partial charge in [-0.3, -0.25) is 0 Å². The molecule has 0 aromatic heterocycles. The van der Waals surface area contributed by atoms with Gasteiger partial charge in [-0.1, -0.05) is 32.0 Å². The van der Waals surface area contributed by atoms with Crippen LogP contribution in [0.4, 0.5) is 0 Å². The third-order valence-corrected chi connectivity index (χ3v) is 3.40. The van der Waals surface area contributed by atoms with Gasteiger partial charge in [0, 0.05) is 12.5 Å². The Morgan fingerprint density at radius 2 is 2.23 bits per heavy atom. The number of thiocarbonyl (C=S) groups is 1. The summed E-state index contributed by atoms with van der Waals surface area (Å²) >= 11 is 5.36. The van der Waals surface area contributed by atoms with Crippen molar-refractivity contribution in [3.63, 3.8) is 0 Å². The van der Waals surface area contributed by atoms with Gasteiger partial charge in [-0.25, -0.2) is 0 Å². The lowest BCUT2D eigenvalue weighted by Gasteiger charge is -2.30. The van der Waals surface area contributed by atoms with Crippen LogP contribution < -0.4 is 0 Å². The molecule has 3 heteroatoms. The highest BCUT2D eigenvalue weighted by Gasteiger charge is 2.19. The van der Waals surface area contributed by atoms with E-state index < -0.39 is 0 Å². The van der Waals surface area contributed by atoms with Gasteiger partial charge in [0.15, 0.2) is 0 Å². The highest BCUT2D eigenvalue weighted by molar-refractivity contribution is 7.80. The molecule has 1 saturated heterocycles. The summed E-state index contributed by atoms with van der Waals surface area (Å²) in [6.07, 6.45) is 6.03. The van der Waals surface area contributed by atoms with Crippen LogP contribution in [0.1, 0.15) is 39.0 Å². The summed E-state index contributed by atoms with van der Waals surface area (Å²) in [7, 11) is 0. The molecule has 2 nitrogen and oxygen atoms in total.